The molecule has 1 saturated heterocycles. The lowest BCUT2D eigenvalue weighted by atomic mass is 10.00. The smallest absolute Gasteiger partial charge is 0.257 e. The van der Waals surface area contributed by atoms with Gasteiger partial charge in [-0.1, -0.05) is 24.6 Å². The van der Waals surface area contributed by atoms with Crippen LogP contribution in [0.5, 0.6) is 0 Å². The predicted molar refractivity (Wildman–Crippen MR) is 99.0 cm³/mol. The van der Waals surface area contributed by atoms with E-state index in [2.05, 4.69) is 22.1 Å². The number of amides is 1. The topological polar surface area (TPSA) is 45.2 Å². The highest BCUT2D eigenvalue weighted by Gasteiger charge is 2.18. The molecule has 0 bridgehead atoms. The first-order valence-corrected chi connectivity index (χ1v) is 8.69. The van der Waals surface area contributed by atoms with Crippen LogP contribution in [0.2, 0.25) is 5.02 Å². The Balaban J connectivity index is 1.78. The monoisotopic (exact) mass is 343 g/mol. The fourth-order valence-corrected chi connectivity index (χ4v) is 3.26. The number of rotatable bonds is 3. The van der Waals surface area contributed by atoms with E-state index in [0.29, 0.717) is 16.5 Å². The second-order valence-electron chi connectivity index (χ2n) is 6.49. The number of piperidine rings is 1. The molecule has 0 saturated carbocycles. The third-order valence-corrected chi connectivity index (χ3v) is 4.93. The quantitative estimate of drug-likeness (QED) is 0.890. The Morgan fingerprint density at radius 2 is 2.21 bits per heavy atom. The molecule has 1 fully saturated rings. The normalized spacial score (nSPS) is 17.6. The Labute approximate surface area is 147 Å². The van der Waals surface area contributed by atoms with Crippen LogP contribution in [-0.4, -0.2) is 24.0 Å². The second kappa shape index (κ2) is 7.22. The van der Waals surface area contributed by atoms with Crippen molar-refractivity contribution in [2.75, 3.05) is 23.3 Å². The Bertz CT molecular complexity index is 747. The van der Waals surface area contributed by atoms with Crippen LogP contribution in [0.4, 0.5) is 11.4 Å². The number of hydrogen-bond donors (Lipinski definition) is 1. The molecule has 4 nitrogen and oxygen atoms in total. The highest BCUT2D eigenvalue weighted by molar-refractivity contribution is 6.31. The van der Waals surface area contributed by atoms with E-state index in [-0.39, 0.29) is 5.91 Å². The largest absolute Gasteiger partial charge is 0.370 e. The third-order valence-electron chi connectivity index (χ3n) is 4.52. The molecule has 1 aliphatic heterocycles. The molecule has 5 heteroatoms. The van der Waals surface area contributed by atoms with Crippen LogP contribution in [-0.2, 0) is 0 Å². The van der Waals surface area contributed by atoms with Crippen LogP contribution in [0, 0.1) is 12.8 Å². The van der Waals surface area contributed by atoms with Gasteiger partial charge in [0.15, 0.2) is 0 Å². The summed E-state index contributed by atoms with van der Waals surface area (Å²) < 4.78 is 0. The summed E-state index contributed by atoms with van der Waals surface area (Å²) in [6.07, 6.45) is 5.88. The molecule has 1 unspecified atom stereocenters. The minimum absolute atomic E-state index is 0.167. The van der Waals surface area contributed by atoms with E-state index < -0.39 is 0 Å². The van der Waals surface area contributed by atoms with Crippen molar-refractivity contribution < 1.29 is 4.79 Å². The second-order valence-corrected chi connectivity index (χ2v) is 6.90. The number of benzene rings is 1. The van der Waals surface area contributed by atoms with Gasteiger partial charge in [0.25, 0.3) is 5.91 Å². The summed E-state index contributed by atoms with van der Waals surface area (Å²) in [7, 11) is 0. The van der Waals surface area contributed by atoms with Crippen molar-refractivity contribution in [1.29, 1.82) is 0 Å². The zero-order valence-electron chi connectivity index (χ0n) is 14.1. The summed E-state index contributed by atoms with van der Waals surface area (Å²) in [5, 5.41) is 3.57. The third kappa shape index (κ3) is 3.70. The first-order valence-electron chi connectivity index (χ1n) is 8.31. The van der Waals surface area contributed by atoms with Crippen LogP contribution in [0.25, 0.3) is 0 Å². The standard InChI is InChI=1S/C19H22ClN3O/c1-13-5-4-8-23(12-13)16-9-15(10-21-11-16)19(24)22-18-7-3-6-17(20)14(18)2/h3,6-7,9-11,13H,4-5,8,12H2,1-2H3,(H,22,24). The number of carbonyl (C=O) groups excluding carboxylic acids is 1. The van der Waals surface area contributed by atoms with Gasteiger partial charge in [0.1, 0.15) is 0 Å². The highest BCUT2D eigenvalue weighted by atomic mass is 35.5. The average molecular weight is 344 g/mol. The Morgan fingerprint density at radius 1 is 1.38 bits per heavy atom. The van der Waals surface area contributed by atoms with E-state index in [9.17, 15) is 4.79 Å². The highest BCUT2D eigenvalue weighted by Crippen LogP contribution is 2.25. The summed E-state index contributed by atoms with van der Waals surface area (Å²) in [5.41, 5.74) is 3.16. The summed E-state index contributed by atoms with van der Waals surface area (Å²) in [5.74, 6) is 0.505. The van der Waals surface area contributed by atoms with Gasteiger partial charge in [0.2, 0.25) is 0 Å². The average Bonchev–Trinajstić information content (AvgIpc) is 2.59. The van der Waals surface area contributed by atoms with E-state index in [4.69, 9.17) is 11.6 Å². The van der Waals surface area contributed by atoms with E-state index in [1.165, 1.54) is 12.8 Å². The maximum absolute atomic E-state index is 12.6. The molecule has 1 aromatic heterocycles. The van der Waals surface area contributed by atoms with Crippen LogP contribution < -0.4 is 10.2 Å². The van der Waals surface area contributed by atoms with Gasteiger partial charge in [0.05, 0.1) is 17.4 Å². The first-order chi connectivity index (χ1) is 11.5. The molecule has 1 aliphatic rings. The zero-order chi connectivity index (χ0) is 17.1. The fraction of sp³-hybridized carbons (Fsp3) is 0.368. The van der Waals surface area contributed by atoms with Crippen LogP contribution in [0.3, 0.4) is 0 Å². The van der Waals surface area contributed by atoms with Crippen molar-refractivity contribution in [2.24, 2.45) is 5.92 Å². The number of nitrogens with zero attached hydrogens (tertiary/aromatic N) is 2. The maximum Gasteiger partial charge on any atom is 0.257 e. The van der Waals surface area contributed by atoms with E-state index in [1.54, 1.807) is 6.20 Å². The summed E-state index contributed by atoms with van der Waals surface area (Å²) >= 11 is 6.11. The SMILES string of the molecule is Cc1c(Cl)cccc1NC(=O)c1cncc(N2CCCC(C)C2)c1. The lowest BCUT2D eigenvalue weighted by Gasteiger charge is -2.32. The molecule has 0 aliphatic carbocycles. The summed E-state index contributed by atoms with van der Waals surface area (Å²) in [6, 6.07) is 7.41. The zero-order valence-corrected chi connectivity index (χ0v) is 14.8. The number of hydrogen-bond acceptors (Lipinski definition) is 3. The van der Waals surface area contributed by atoms with Crippen LogP contribution >= 0.6 is 11.6 Å². The van der Waals surface area contributed by atoms with Gasteiger partial charge in [0, 0.05) is 30.0 Å². The molecule has 1 N–H and O–H groups in total. The molecule has 0 spiro atoms. The fourth-order valence-electron chi connectivity index (χ4n) is 3.09. The number of nitrogens with one attached hydrogen (secondary N) is 1. The molecular weight excluding hydrogens is 322 g/mol. The molecule has 1 aromatic carbocycles. The number of pyridine rings is 1. The molecule has 1 atom stereocenters. The molecule has 1 amide bonds. The summed E-state index contributed by atoms with van der Waals surface area (Å²) in [4.78, 5) is 19.1. The molecule has 126 valence electrons. The van der Waals surface area contributed by atoms with Gasteiger partial charge in [-0.05, 0) is 49.4 Å². The molecule has 24 heavy (non-hydrogen) atoms. The summed E-state index contributed by atoms with van der Waals surface area (Å²) in [6.45, 7) is 6.18. The molecular formula is C19H22ClN3O. The molecule has 0 radical (unpaired) electrons. The Hall–Kier alpha value is -2.07. The van der Waals surface area contributed by atoms with Crippen molar-refractivity contribution in [1.82, 2.24) is 4.98 Å². The number of carbonyl (C=O) groups is 1. The lowest BCUT2D eigenvalue weighted by Crippen LogP contribution is -2.34. The van der Waals surface area contributed by atoms with Gasteiger partial charge < -0.3 is 10.2 Å². The van der Waals surface area contributed by atoms with Crippen LogP contribution in [0.15, 0.2) is 36.7 Å². The van der Waals surface area contributed by atoms with E-state index in [0.717, 1.165) is 30.0 Å². The van der Waals surface area contributed by atoms with Crippen molar-refractivity contribution in [2.45, 2.75) is 26.7 Å². The van der Waals surface area contributed by atoms with Gasteiger partial charge >= 0.3 is 0 Å². The first kappa shape index (κ1) is 16.8. The van der Waals surface area contributed by atoms with Crippen molar-refractivity contribution in [3.8, 4) is 0 Å². The predicted octanol–water partition coefficient (Wildman–Crippen LogP) is 4.53. The van der Waals surface area contributed by atoms with Gasteiger partial charge in [-0.2, -0.15) is 0 Å². The van der Waals surface area contributed by atoms with E-state index >= 15 is 0 Å². The Kier molecular flexibility index (Phi) is 5.05. The Morgan fingerprint density at radius 3 is 3.00 bits per heavy atom. The van der Waals surface area contributed by atoms with Crippen molar-refractivity contribution in [3.05, 3.63) is 52.8 Å². The molecule has 2 aromatic rings. The maximum atomic E-state index is 12.6. The van der Waals surface area contributed by atoms with Crippen molar-refractivity contribution >= 4 is 28.9 Å². The minimum atomic E-state index is -0.167. The molecule has 2 heterocycles. The minimum Gasteiger partial charge on any atom is -0.370 e. The van der Waals surface area contributed by atoms with Crippen LogP contribution in [0.1, 0.15) is 35.7 Å². The van der Waals surface area contributed by atoms with Gasteiger partial charge in [-0.3, -0.25) is 9.78 Å². The van der Waals surface area contributed by atoms with Gasteiger partial charge in [-0.25, -0.2) is 0 Å². The lowest BCUT2D eigenvalue weighted by molar-refractivity contribution is 0.102. The number of aromatic nitrogens is 1. The number of halogens is 1. The number of anilines is 2. The molecule has 3 rings (SSSR count). The van der Waals surface area contributed by atoms with E-state index in [1.807, 2.05) is 37.4 Å². The van der Waals surface area contributed by atoms with Crippen molar-refractivity contribution in [3.63, 3.8) is 0 Å². The van der Waals surface area contributed by atoms with Gasteiger partial charge in [-0.15, -0.1) is 0 Å².